The molecule has 0 amide bonds. The maximum atomic E-state index is 11.8. The molecule has 0 bridgehead atoms. The van der Waals surface area contributed by atoms with Crippen LogP contribution in [0.1, 0.15) is 0 Å². The van der Waals surface area contributed by atoms with E-state index in [4.69, 9.17) is 0 Å². The van der Waals surface area contributed by atoms with Gasteiger partial charge in [0.15, 0.2) is 0 Å². The van der Waals surface area contributed by atoms with Crippen LogP contribution in [0.5, 0.6) is 0 Å². The van der Waals surface area contributed by atoms with Crippen molar-refractivity contribution in [2.24, 2.45) is 0 Å². The summed E-state index contributed by atoms with van der Waals surface area (Å²) in [7, 11) is 0. The second-order valence-electron chi connectivity index (χ2n) is 1.37. The van der Waals surface area contributed by atoms with E-state index in [2.05, 4.69) is 20.1 Å². The molecule has 0 rings (SSSR count). The first-order chi connectivity index (χ1) is 3.66. The molecule has 0 heterocycles. The zero-order valence-corrected chi connectivity index (χ0v) is 8.07. The standard InChI is InChI=1S/C7H8F.Y/c1-4-6(2)5-7(3)8;/h4-5H,1-3H2;/q-1;/b6-5-;. The Morgan fingerprint density at radius 2 is 2.00 bits per heavy atom. The van der Waals surface area contributed by atoms with E-state index in [1.54, 1.807) is 0 Å². The Morgan fingerprint density at radius 3 is 2.11 bits per heavy atom. The molecule has 0 spiro atoms. The average molecular weight is 200 g/mol. The molecule has 0 fully saturated rings. The van der Waals surface area contributed by atoms with Gasteiger partial charge in [0.1, 0.15) is 0 Å². The molecule has 9 heavy (non-hydrogen) atoms. The molecule has 0 aliphatic rings. The van der Waals surface area contributed by atoms with Crippen LogP contribution in [0.15, 0.2) is 36.7 Å². The minimum Gasteiger partial charge on any atom is -0.222 e. The molecule has 47 valence electrons. The predicted octanol–water partition coefficient (Wildman–Crippen LogP) is 2.41. The van der Waals surface area contributed by atoms with E-state index in [-0.39, 0.29) is 32.7 Å². The Balaban J connectivity index is 0. The maximum absolute atomic E-state index is 11.8. The normalized spacial score (nSPS) is 9.67. The topological polar surface area (TPSA) is 0 Å². The number of halogens is 1. The quantitative estimate of drug-likeness (QED) is 0.474. The summed E-state index contributed by atoms with van der Waals surface area (Å²) >= 11 is 0. The van der Waals surface area contributed by atoms with Gasteiger partial charge in [0.2, 0.25) is 0 Å². The van der Waals surface area contributed by atoms with Gasteiger partial charge in [0.05, 0.1) is 5.83 Å². The van der Waals surface area contributed by atoms with Crippen LogP contribution < -0.4 is 0 Å². The molecule has 0 aromatic heterocycles. The monoisotopic (exact) mass is 200 g/mol. The molecular weight excluding hydrogens is 192 g/mol. The van der Waals surface area contributed by atoms with Crippen molar-refractivity contribution in [3.63, 3.8) is 0 Å². The van der Waals surface area contributed by atoms with Crippen LogP contribution in [0.2, 0.25) is 0 Å². The largest absolute Gasteiger partial charge is 0.222 e. The first kappa shape index (κ1) is 11.9. The Morgan fingerprint density at radius 1 is 1.56 bits per heavy atom. The van der Waals surface area contributed by atoms with Gasteiger partial charge >= 0.3 is 0 Å². The third-order valence-corrected chi connectivity index (χ3v) is 0.604. The fraction of sp³-hybridized carbons (Fsp3) is 0. The summed E-state index contributed by atoms with van der Waals surface area (Å²) in [5.41, 5.74) is 0.539. The Hall–Kier alpha value is 0.124. The average Bonchev–Trinajstić information content (AvgIpc) is 1.65. The van der Waals surface area contributed by atoms with Crippen molar-refractivity contribution >= 4 is 0 Å². The van der Waals surface area contributed by atoms with Gasteiger partial charge in [0.25, 0.3) is 0 Å². The van der Waals surface area contributed by atoms with Crippen molar-refractivity contribution < 1.29 is 37.1 Å². The molecule has 0 atom stereocenters. The van der Waals surface area contributed by atoms with Gasteiger partial charge in [-0.05, 0) is 0 Å². The molecular formula is C7H8FY-. The van der Waals surface area contributed by atoms with Gasteiger partial charge in [-0.2, -0.15) is 25.2 Å². The van der Waals surface area contributed by atoms with Crippen molar-refractivity contribution in [2.45, 2.75) is 0 Å². The van der Waals surface area contributed by atoms with Crippen molar-refractivity contribution in [3.05, 3.63) is 43.6 Å². The molecule has 0 aliphatic heterocycles. The molecule has 0 N–H and O–H groups in total. The molecule has 0 saturated carbocycles. The van der Waals surface area contributed by atoms with E-state index >= 15 is 0 Å². The SMILES string of the molecule is C=C/C([CH2-])=C\C(=C)F.[Y]. The van der Waals surface area contributed by atoms with Crippen molar-refractivity contribution in [1.29, 1.82) is 0 Å². The molecule has 0 nitrogen and oxygen atoms in total. The molecule has 0 saturated heterocycles. The van der Waals surface area contributed by atoms with Gasteiger partial charge in [-0.1, -0.05) is 6.58 Å². The molecule has 2 heteroatoms. The zero-order chi connectivity index (χ0) is 6.57. The van der Waals surface area contributed by atoms with E-state index < -0.39 is 5.83 Å². The van der Waals surface area contributed by atoms with Crippen LogP contribution in [0, 0.1) is 6.92 Å². The second kappa shape index (κ2) is 6.25. The summed E-state index contributed by atoms with van der Waals surface area (Å²) in [4.78, 5) is 0. The number of hydrogen-bond donors (Lipinski definition) is 0. The van der Waals surface area contributed by atoms with Crippen LogP contribution in [-0.2, 0) is 32.7 Å². The van der Waals surface area contributed by atoms with Gasteiger partial charge in [0, 0.05) is 32.7 Å². The third-order valence-electron chi connectivity index (χ3n) is 0.604. The van der Waals surface area contributed by atoms with E-state index in [0.29, 0.717) is 5.57 Å². The molecule has 0 aliphatic carbocycles. The van der Waals surface area contributed by atoms with E-state index in [1.165, 1.54) is 12.2 Å². The summed E-state index contributed by atoms with van der Waals surface area (Å²) in [6.07, 6.45) is 2.68. The Labute approximate surface area is 80.4 Å². The summed E-state index contributed by atoms with van der Waals surface area (Å²) in [6.45, 7) is 9.83. The van der Waals surface area contributed by atoms with E-state index in [1.807, 2.05) is 0 Å². The first-order valence-electron chi connectivity index (χ1n) is 2.17. The third kappa shape index (κ3) is 8.12. The van der Waals surface area contributed by atoms with Crippen molar-refractivity contribution in [3.8, 4) is 0 Å². The summed E-state index contributed by atoms with van der Waals surface area (Å²) in [5, 5.41) is 0. The number of allylic oxidation sites excluding steroid dienone is 4. The van der Waals surface area contributed by atoms with Crippen LogP contribution in [0.25, 0.3) is 0 Å². The Kier molecular flexibility index (Phi) is 8.24. The smallest absolute Gasteiger partial charge is 0.0616 e. The van der Waals surface area contributed by atoms with Crippen molar-refractivity contribution in [2.75, 3.05) is 0 Å². The molecule has 0 unspecified atom stereocenters. The van der Waals surface area contributed by atoms with E-state index in [9.17, 15) is 4.39 Å². The van der Waals surface area contributed by atoms with Crippen LogP contribution in [-0.4, -0.2) is 0 Å². The summed E-state index contributed by atoms with van der Waals surface area (Å²) in [5.74, 6) is -0.491. The fourth-order valence-electron chi connectivity index (χ4n) is 0.260. The number of hydrogen-bond acceptors (Lipinski definition) is 0. The second-order valence-corrected chi connectivity index (χ2v) is 1.37. The predicted molar refractivity (Wildman–Crippen MR) is 33.9 cm³/mol. The van der Waals surface area contributed by atoms with E-state index in [0.717, 1.165) is 0 Å². The van der Waals surface area contributed by atoms with Gasteiger partial charge in [-0.15, -0.1) is 6.08 Å². The van der Waals surface area contributed by atoms with Crippen molar-refractivity contribution in [1.82, 2.24) is 0 Å². The minimum atomic E-state index is -0.491. The molecule has 0 aromatic carbocycles. The van der Waals surface area contributed by atoms with Crippen LogP contribution >= 0.6 is 0 Å². The zero-order valence-electron chi connectivity index (χ0n) is 5.23. The molecule has 1 radical (unpaired) electrons. The summed E-state index contributed by atoms with van der Waals surface area (Å²) < 4.78 is 11.8. The Bertz CT molecular complexity index is 136. The summed E-state index contributed by atoms with van der Waals surface area (Å²) in [6, 6.07) is 0. The first-order valence-corrected chi connectivity index (χ1v) is 2.17. The fourth-order valence-corrected chi connectivity index (χ4v) is 0.260. The van der Waals surface area contributed by atoms with Crippen LogP contribution in [0.3, 0.4) is 0 Å². The maximum Gasteiger partial charge on any atom is 0.0616 e. The molecule has 0 aromatic rings. The van der Waals surface area contributed by atoms with Crippen LogP contribution in [0.4, 0.5) is 4.39 Å². The van der Waals surface area contributed by atoms with Gasteiger partial charge in [-0.3, -0.25) is 0 Å². The minimum absolute atomic E-state index is 0. The van der Waals surface area contributed by atoms with Gasteiger partial charge < -0.3 is 0 Å². The van der Waals surface area contributed by atoms with Gasteiger partial charge in [-0.25, -0.2) is 4.39 Å². The number of rotatable bonds is 2.